The molecule has 2 rings (SSSR count). The van der Waals surface area contributed by atoms with E-state index in [9.17, 15) is 9.59 Å². The monoisotopic (exact) mass is 239 g/mol. The first kappa shape index (κ1) is 12.4. The number of nitrogens with zero attached hydrogens (tertiary/aromatic N) is 1. The summed E-state index contributed by atoms with van der Waals surface area (Å²) in [7, 11) is 1.37. The van der Waals surface area contributed by atoms with Crippen LogP contribution in [0.3, 0.4) is 0 Å². The maximum absolute atomic E-state index is 12.3. The van der Waals surface area contributed by atoms with Crippen LogP contribution in [0.15, 0.2) is 0 Å². The van der Waals surface area contributed by atoms with Crippen molar-refractivity contribution in [2.45, 2.75) is 45.1 Å². The van der Waals surface area contributed by atoms with E-state index in [2.05, 4.69) is 11.7 Å². The Balaban J connectivity index is 2.00. The van der Waals surface area contributed by atoms with Crippen LogP contribution in [0.4, 0.5) is 0 Å². The van der Waals surface area contributed by atoms with Crippen LogP contribution in [0.1, 0.15) is 39.0 Å². The summed E-state index contributed by atoms with van der Waals surface area (Å²) >= 11 is 0. The highest BCUT2D eigenvalue weighted by atomic mass is 16.5. The average molecular weight is 239 g/mol. The zero-order chi connectivity index (χ0) is 12.4. The van der Waals surface area contributed by atoms with Gasteiger partial charge >= 0.3 is 5.97 Å². The number of methoxy groups -OCH3 is 1. The molecule has 96 valence electrons. The SMILES string of the molecule is COC(=O)CN(C(=O)C1CC1C)C1CCCC1. The number of hydrogen-bond donors (Lipinski definition) is 0. The Hall–Kier alpha value is -1.06. The Bertz CT molecular complexity index is 310. The van der Waals surface area contributed by atoms with Gasteiger partial charge in [0.05, 0.1) is 7.11 Å². The van der Waals surface area contributed by atoms with Gasteiger partial charge in [0.2, 0.25) is 5.91 Å². The van der Waals surface area contributed by atoms with Crippen LogP contribution in [0.25, 0.3) is 0 Å². The minimum Gasteiger partial charge on any atom is -0.468 e. The Morgan fingerprint density at radius 1 is 1.29 bits per heavy atom. The highest BCUT2D eigenvalue weighted by Crippen LogP contribution is 2.40. The molecule has 0 spiro atoms. The third-order valence-corrected chi connectivity index (χ3v) is 4.00. The molecule has 2 aliphatic carbocycles. The van der Waals surface area contributed by atoms with Gasteiger partial charge in [-0.05, 0) is 25.2 Å². The molecule has 0 heterocycles. The van der Waals surface area contributed by atoms with Gasteiger partial charge in [-0.15, -0.1) is 0 Å². The second-order valence-electron chi connectivity index (χ2n) is 5.30. The Morgan fingerprint density at radius 3 is 2.35 bits per heavy atom. The lowest BCUT2D eigenvalue weighted by atomic mass is 10.1. The van der Waals surface area contributed by atoms with Crippen molar-refractivity contribution < 1.29 is 14.3 Å². The molecule has 2 unspecified atom stereocenters. The fraction of sp³-hybridized carbons (Fsp3) is 0.846. The molecule has 4 heteroatoms. The molecule has 2 saturated carbocycles. The number of esters is 1. The summed E-state index contributed by atoms with van der Waals surface area (Å²) in [6.45, 7) is 2.22. The Morgan fingerprint density at radius 2 is 1.88 bits per heavy atom. The quantitative estimate of drug-likeness (QED) is 0.700. The predicted molar refractivity (Wildman–Crippen MR) is 63.3 cm³/mol. The molecule has 0 aromatic rings. The summed E-state index contributed by atoms with van der Waals surface area (Å²) in [6.07, 6.45) is 5.36. The van der Waals surface area contributed by atoms with Gasteiger partial charge in [0.1, 0.15) is 6.54 Å². The van der Waals surface area contributed by atoms with E-state index in [0.717, 1.165) is 32.1 Å². The smallest absolute Gasteiger partial charge is 0.325 e. The number of carbonyl (C=O) groups is 2. The van der Waals surface area contributed by atoms with E-state index in [0.29, 0.717) is 5.92 Å². The van der Waals surface area contributed by atoms with Gasteiger partial charge in [0.25, 0.3) is 0 Å². The topological polar surface area (TPSA) is 46.6 Å². The molecule has 0 aromatic carbocycles. The standard InChI is InChI=1S/C13H21NO3/c1-9-7-11(9)13(16)14(8-12(15)17-2)10-5-3-4-6-10/h9-11H,3-8H2,1-2H3. The molecule has 2 atom stereocenters. The molecular weight excluding hydrogens is 218 g/mol. The van der Waals surface area contributed by atoms with E-state index >= 15 is 0 Å². The van der Waals surface area contributed by atoms with Crippen LogP contribution >= 0.6 is 0 Å². The summed E-state index contributed by atoms with van der Waals surface area (Å²) in [5, 5.41) is 0. The maximum atomic E-state index is 12.3. The summed E-state index contributed by atoms with van der Waals surface area (Å²) in [6, 6.07) is 0.259. The van der Waals surface area contributed by atoms with Gasteiger partial charge in [0, 0.05) is 12.0 Å². The summed E-state index contributed by atoms with van der Waals surface area (Å²) in [5.74, 6) is 0.498. The number of ether oxygens (including phenoxy) is 1. The second-order valence-corrected chi connectivity index (χ2v) is 5.30. The summed E-state index contributed by atoms with van der Waals surface area (Å²) in [5.41, 5.74) is 0. The molecule has 0 bridgehead atoms. The minimum absolute atomic E-state index is 0.128. The number of hydrogen-bond acceptors (Lipinski definition) is 3. The van der Waals surface area contributed by atoms with E-state index in [-0.39, 0.29) is 30.4 Å². The third-order valence-electron chi connectivity index (χ3n) is 4.00. The van der Waals surface area contributed by atoms with Crippen LogP contribution in [-0.4, -0.2) is 36.5 Å². The van der Waals surface area contributed by atoms with Crippen molar-refractivity contribution in [2.24, 2.45) is 11.8 Å². The van der Waals surface area contributed by atoms with Crippen molar-refractivity contribution >= 4 is 11.9 Å². The molecule has 2 fully saturated rings. The van der Waals surface area contributed by atoms with E-state index in [4.69, 9.17) is 0 Å². The van der Waals surface area contributed by atoms with Crippen molar-refractivity contribution in [1.29, 1.82) is 0 Å². The van der Waals surface area contributed by atoms with Crippen LogP contribution in [-0.2, 0) is 14.3 Å². The lowest BCUT2D eigenvalue weighted by molar-refractivity contribution is -0.149. The molecule has 1 amide bonds. The third kappa shape index (κ3) is 2.79. The average Bonchev–Trinajstić information content (AvgIpc) is 2.83. The van der Waals surface area contributed by atoms with Gasteiger partial charge in [-0.2, -0.15) is 0 Å². The van der Waals surface area contributed by atoms with Gasteiger partial charge in [-0.3, -0.25) is 9.59 Å². The molecule has 0 aliphatic heterocycles. The van der Waals surface area contributed by atoms with Crippen LogP contribution in [0, 0.1) is 11.8 Å². The molecule has 0 N–H and O–H groups in total. The lowest BCUT2D eigenvalue weighted by Crippen LogP contribution is -2.43. The highest BCUT2D eigenvalue weighted by molar-refractivity contribution is 5.85. The number of carbonyl (C=O) groups excluding carboxylic acids is 2. The zero-order valence-electron chi connectivity index (χ0n) is 10.6. The summed E-state index contributed by atoms with van der Waals surface area (Å²) < 4.78 is 4.68. The first-order valence-electron chi connectivity index (χ1n) is 6.50. The summed E-state index contributed by atoms with van der Waals surface area (Å²) in [4.78, 5) is 25.4. The normalized spacial score (nSPS) is 27.9. The van der Waals surface area contributed by atoms with Crippen LogP contribution in [0.2, 0.25) is 0 Å². The number of rotatable bonds is 4. The molecular formula is C13H21NO3. The van der Waals surface area contributed by atoms with Crippen molar-refractivity contribution in [3.05, 3.63) is 0 Å². The second kappa shape index (κ2) is 5.07. The van der Waals surface area contributed by atoms with E-state index in [1.54, 1.807) is 4.90 Å². The molecule has 0 saturated heterocycles. The number of amides is 1. The van der Waals surface area contributed by atoms with Gasteiger partial charge in [-0.1, -0.05) is 19.8 Å². The van der Waals surface area contributed by atoms with Crippen molar-refractivity contribution in [2.75, 3.05) is 13.7 Å². The van der Waals surface area contributed by atoms with Gasteiger partial charge in [-0.25, -0.2) is 0 Å². The molecule has 2 aliphatic rings. The molecule has 17 heavy (non-hydrogen) atoms. The van der Waals surface area contributed by atoms with Crippen molar-refractivity contribution in [3.63, 3.8) is 0 Å². The Kier molecular flexibility index (Phi) is 3.69. The molecule has 0 aromatic heterocycles. The fourth-order valence-corrected chi connectivity index (χ4v) is 2.69. The fourth-order valence-electron chi connectivity index (χ4n) is 2.69. The molecule has 0 radical (unpaired) electrons. The largest absolute Gasteiger partial charge is 0.468 e. The van der Waals surface area contributed by atoms with Crippen molar-refractivity contribution in [3.8, 4) is 0 Å². The van der Waals surface area contributed by atoms with Crippen molar-refractivity contribution in [1.82, 2.24) is 4.90 Å². The molecule has 4 nitrogen and oxygen atoms in total. The van der Waals surface area contributed by atoms with Crippen LogP contribution in [0.5, 0.6) is 0 Å². The van der Waals surface area contributed by atoms with E-state index in [1.807, 2.05) is 0 Å². The van der Waals surface area contributed by atoms with E-state index in [1.165, 1.54) is 7.11 Å². The van der Waals surface area contributed by atoms with Gasteiger partial charge in [0.15, 0.2) is 0 Å². The Labute approximate surface area is 102 Å². The maximum Gasteiger partial charge on any atom is 0.325 e. The lowest BCUT2D eigenvalue weighted by Gasteiger charge is -2.28. The van der Waals surface area contributed by atoms with Crippen LogP contribution < -0.4 is 0 Å². The minimum atomic E-state index is -0.307. The predicted octanol–water partition coefficient (Wildman–Crippen LogP) is 1.59. The van der Waals surface area contributed by atoms with E-state index < -0.39 is 0 Å². The first-order chi connectivity index (χ1) is 8.13. The van der Waals surface area contributed by atoms with Gasteiger partial charge < -0.3 is 9.64 Å². The first-order valence-corrected chi connectivity index (χ1v) is 6.50. The highest BCUT2D eigenvalue weighted by Gasteiger charge is 2.43. The zero-order valence-corrected chi connectivity index (χ0v) is 10.6.